The second-order valence-electron chi connectivity index (χ2n) is 3.95. The Morgan fingerprint density at radius 1 is 1.47 bits per heavy atom. The minimum Gasteiger partial charge on any atom is -0.490 e. The first-order valence-corrected chi connectivity index (χ1v) is 6.18. The first kappa shape index (κ1) is 15.0. The standard InChI is InChI=1S/C12H21N5O2/c1-5-14-11-10(19-4)12(16-8-15-11)17(3)7-6-9(18)13-2/h8H,5-7H2,1-4H3,(H,13,18)(H,14,15,16). The van der Waals surface area contributed by atoms with Gasteiger partial charge >= 0.3 is 0 Å². The Labute approximate surface area is 113 Å². The number of ether oxygens (including phenoxy) is 1. The van der Waals surface area contributed by atoms with Crippen LogP contribution < -0.4 is 20.3 Å². The molecule has 0 saturated carbocycles. The maximum Gasteiger partial charge on any atom is 0.221 e. The number of hydrogen-bond acceptors (Lipinski definition) is 6. The Hall–Kier alpha value is -2.05. The van der Waals surface area contributed by atoms with Crippen molar-refractivity contribution < 1.29 is 9.53 Å². The predicted octanol–water partition coefficient (Wildman–Crippen LogP) is 0.489. The van der Waals surface area contributed by atoms with Gasteiger partial charge in [0.2, 0.25) is 11.7 Å². The summed E-state index contributed by atoms with van der Waals surface area (Å²) in [5.74, 6) is 1.90. The molecule has 0 spiro atoms. The number of carbonyl (C=O) groups excluding carboxylic acids is 1. The molecule has 2 N–H and O–H groups in total. The fraction of sp³-hybridized carbons (Fsp3) is 0.583. The summed E-state index contributed by atoms with van der Waals surface area (Å²) in [6.45, 7) is 3.28. The molecule has 0 aliphatic carbocycles. The van der Waals surface area contributed by atoms with E-state index in [2.05, 4.69) is 20.6 Å². The van der Waals surface area contributed by atoms with Crippen LogP contribution in [0.5, 0.6) is 5.75 Å². The van der Waals surface area contributed by atoms with E-state index in [9.17, 15) is 4.79 Å². The molecular weight excluding hydrogens is 246 g/mol. The second-order valence-corrected chi connectivity index (χ2v) is 3.95. The highest BCUT2D eigenvalue weighted by atomic mass is 16.5. The van der Waals surface area contributed by atoms with E-state index < -0.39 is 0 Å². The highest BCUT2D eigenvalue weighted by Gasteiger charge is 2.15. The highest BCUT2D eigenvalue weighted by Crippen LogP contribution is 2.30. The van der Waals surface area contributed by atoms with Gasteiger partial charge in [0.05, 0.1) is 7.11 Å². The van der Waals surface area contributed by atoms with Gasteiger partial charge in [0.25, 0.3) is 0 Å². The van der Waals surface area contributed by atoms with E-state index in [1.54, 1.807) is 14.2 Å². The van der Waals surface area contributed by atoms with Crippen LogP contribution in [0.25, 0.3) is 0 Å². The molecule has 1 heterocycles. The lowest BCUT2D eigenvalue weighted by Crippen LogP contribution is -2.27. The Morgan fingerprint density at radius 2 is 2.21 bits per heavy atom. The summed E-state index contributed by atoms with van der Waals surface area (Å²) in [6.07, 6.45) is 1.88. The quantitative estimate of drug-likeness (QED) is 0.748. The zero-order valence-corrected chi connectivity index (χ0v) is 11.9. The summed E-state index contributed by atoms with van der Waals surface area (Å²) in [6, 6.07) is 0. The average Bonchev–Trinajstić information content (AvgIpc) is 2.44. The lowest BCUT2D eigenvalue weighted by molar-refractivity contribution is -0.120. The number of carbonyl (C=O) groups is 1. The largest absolute Gasteiger partial charge is 0.490 e. The summed E-state index contributed by atoms with van der Waals surface area (Å²) in [4.78, 5) is 21.5. The zero-order valence-electron chi connectivity index (χ0n) is 11.9. The van der Waals surface area contributed by atoms with Crippen molar-refractivity contribution in [3.63, 3.8) is 0 Å². The van der Waals surface area contributed by atoms with Gasteiger partial charge in [-0.05, 0) is 6.92 Å². The van der Waals surface area contributed by atoms with Crippen molar-refractivity contribution in [1.82, 2.24) is 15.3 Å². The van der Waals surface area contributed by atoms with Gasteiger partial charge in [0.1, 0.15) is 6.33 Å². The van der Waals surface area contributed by atoms with Gasteiger partial charge < -0.3 is 20.3 Å². The van der Waals surface area contributed by atoms with Gasteiger partial charge in [0.15, 0.2) is 11.6 Å². The number of aromatic nitrogens is 2. The third kappa shape index (κ3) is 3.97. The summed E-state index contributed by atoms with van der Waals surface area (Å²) in [5, 5.41) is 5.71. The van der Waals surface area contributed by atoms with Gasteiger partial charge in [-0.3, -0.25) is 4.79 Å². The van der Waals surface area contributed by atoms with E-state index in [0.717, 1.165) is 6.54 Å². The van der Waals surface area contributed by atoms with Crippen LogP contribution in [0, 0.1) is 0 Å². The van der Waals surface area contributed by atoms with E-state index in [1.165, 1.54) is 6.33 Å². The van der Waals surface area contributed by atoms with Gasteiger partial charge in [-0.1, -0.05) is 0 Å². The molecule has 0 unspecified atom stereocenters. The number of anilines is 2. The molecule has 0 fully saturated rings. The van der Waals surface area contributed by atoms with Crippen LogP contribution >= 0.6 is 0 Å². The lowest BCUT2D eigenvalue weighted by Gasteiger charge is -2.21. The molecule has 1 amide bonds. The van der Waals surface area contributed by atoms with E-state index >= 15 is 0 Å². The molecule has 7 nitrogen and oxygen atoms in total. The van der Waals surface area contributed by atoms with E-state index in [-0.39, 0.29) is 5.91 Å². The first-order chi connectivity index (χ1) is 9.13. The lowest BCUT2D eigenvalue weighted by atomic mass is 10.3. The molecule has 106 valence electrons. The summed E-state index contributed by atoms with van der Waals surface area (Å²) in [5.41, 5.74) is 0. The van der Waals surface area contributed by atoms with Gasteiger partial charge in [-0.15, -0.1) is 0 Å². The number of amides is 1. The van der Waals surface area contributed by atoms with Crippen molar-refractivity contribution in [2.24, 2.45) is 0 Å². The molecule has 0 aromatic carbocycles. The van der Waals surface area contributed by atoms with Crippen LogP contribution in [-0.2, 0) is 4.79 Å². The smallest absolute Gasteiger partial charge is 0.221 e. The number of nitrogens with one attached hydrogen (secondary N) is 2. The summed E-state index contributed by atoms with van der Waals surface area (Å²) < 4.78 is 5.35. The summed E-state index contributed by atoms with van der Waals surface area (Å²) >= 11 is 0. The molecule has 0 bridgehead atoms. The fourth-order valence-electron chi connectivity index (χ4n) is 1.62. The Morgan fingerprint density at radius 3 is 2.79 bits per heavy atom. The van der Waals surface area contributed by atoms with Crippen LogP contribution in [0.1, 0.15) is 13.3 Å². The monoisotopic (exact) mass is 267 g/mol. The Balaban J connectivity index is 2.86. The highest BCUT2D eigenvalue weighted by molar-refractivity contribution is 5.76. The number of rotatable bonds is 7. The van der Waals surface area contributed by atoms with Crippen molar-refractivity contribution in [3.8, 4) is 5.75 Å². The minimum absolute atomic E-state index is 0.00761. The molecule has 1 aromatic rings. The molecule has 0 saturated heterocycles. The van der Waals surface area contributed by atoms with Crippen molar-refractivity contribution in [2.75, 3.05) is 44.5 Å². The van der Waals surface area contributed by atoms with Crippen LogP contribution in [0.3, 0.4) is 0 Å². The maximum atomic E-state index is 11.3. The molecule has 19 heavy (non-hydrogen) atoms. The van der Waals surface area contributed by atoms with Crippen molar-refractivity contribution in [2.45, 2.75) is 13.3 Å². The molecule has 0 aliphatic heterocycles. The van der Waals surface area contributed by atoms with Gasteiger partial charge in [-0.2, -0.15) is 0 Å². The molecule has 0 radical (unpaired) electrons. The SMILES string of the molecule is CCNc1ncnc(N(C)CCC(=O)NC)c1OC. The van der Waals surface area contributed by atoms with Crippen LogP contribution in [0.2, 0.25) is 0 Å². The Kier molecular flexibility index (Phi) is 5.84. The topological polar surface area (TPSA) is 79.4 Å². The average molecular weight is 267 g/mol. The normalized spacial score (nSPS) is 9.89. The first-order valence-electron chi connectivity index (χ1n) is 6.18. The van der Waals surface area contributed by atoms with Crippen molar-refractivity contribution in [3.05, 3.63) is 6.33 Å². The molecule has 0 aliphatic rings. The fourth-order valence-corrected chi connectivity index (χ4v) is 1.62. The van der Waals surface area contributed by atoms with Crippen LogP contribution in [-0.4, -0.2) is 50.2 Å². The van der Waals surface area contributed by atoms with E-state index in [4.69, 9.17) is 4.74 Å². The van der Waals surface area contributed by atoms with E-state index in [0.29, 0.717) is 30.4 Å². The van der Waals surface area contributed by atoms with Crippen LogP contribution in [0.4, 0.5) is 11.6 Å². The number of hydrogen-bond donors (Lipinski definition) is 2. The second kappa shape index (κ2) is 7.40. The van der Waals surface area contributed by atoms with Crippen molar-refractivity contribution >= 4 is 17.5 Å². The van der Waals surface area contributed by atoms with E-state index in [1.807, 2.05) is 18.9 Å². The minimum atomic E-state index is -0.00761. The number of nitrogens with zero attached hydrogens (tertiary/aromatic N) is 3. The third-order valence-electron chi connectivity index (χ3n) is 2.65. The summed E-state index contributed by atoms with van der Waals surface area (Å²) in [7, 11) is 5.07. The van der Waals surface area contributed by atoms with Gasteiger partial charge in [0, 0.05) is 33.6 Å². The Bertz CT molecular complexity index is 425. The molecule has 1 rings (SSSR count). The predicted molar refractivity (Wildman–Crippen MR) is 74.7 cm³/mol. The zero-order chi connectivity index (χ0) is 14.3. The molecule has 1 aromatic heterocycles. The maximum absolute atomic E-state index is 11.3. The molecule has 7 heteroatoms. The number of methoxy groups -OCH3 is 1. The van der Waals surface area contributed by atoms with Crippen molar-refractivity contribution in [1.29, 1.82) is 0 Å². The van der Waals surface area contributed by atoms with Crippen LogP contribution in [0.15, 0.2) is 6.33 Å². The third-order valence-corrected chi connectivity index (χ3v) is 2.65. The molecule has 0 atom stereocenters. The molecular formula is C12H21N5O2. The van der Waals surface area contributed by atoms with Gasteiger partial charge in [-0.25, -0.2) is 9.97 Å².